The molecule has 0 bridgehead atoms. The molecule has 2 aromatic carbocycles. The second-order valence-corrected chi connectivity index (χ2v) is 8.03. The van der Waals surface area contributed by atoms with E-state index in [-0.39, 0.29) is 12.5 Å². The van der Waals surface area contributed by atoms with Gasteiger partial charge in [-0.2, -0.15) is 0 Å². The van der Waals surface area contributed by atoms with Crippen LogP contribution in [0, 0.1) is 11.8 Å². The van der Waals surface area contributed by atoms with Crippen LogP contribution in [0.1, 0.15) is 24.0 Å². The van der Waals surface area contributed by atoms with Crippen LogP contribution in [0.2, 0.25) is 0 Å². The van der Waals surface area contributed by atoms with Crippen molar-refractivity contribution in [3.8, 4) is 11.1 Å². The van der Waals surface area contributed by atoms with Gasteiger partial charge in [-0.3, -0.25) is 9.59 Å². The van der Waals surface area contributed by atoms with E-state index in [1.54, 1.807) is 0 Å². The lowest BCUT2D eigenvalue weighted by atomic mass is 9.98. The third-order valence-electron chi connectivity index (χ3n) is 6.02. The quantitative estimate of drug-likeness (QED) is 0.609. The molecule has 0 aliphatic heterocycles. The Bertz CT molecular complexity index is 1030. The summed E-state index contributed by atoms with van der Waals surface area (Å²) in [5, 5.41) is 13.1. The summed E-state index contributed by atoms with van der Waals surface area (Å²) in [6, 6.07) is 14.3. The number of nitrogens with one attached hydrogen (secondary N) is 2. The lowest BCUT2D eigenvalue weighted by Gasteiger charge is -2.14. The number of amides is 2. The van der Waals surface area contributed by atoms with E-state index in [0.29, 0.717) is 0 Å². The van der Waals surface area contributed by atoms with Crippen LogP contribution in [0.4, 0.5) is 13.6 Å². The van der Waals surface area contributed by atoms with Crippen LogP contribution in [-0.2, 0) is 14.3 Å². The van der Waals surface area contributed by atoms with Crippen LogP contribution in [0.15, 0.2) is 48.5 Å². The fourth-order valence-corrected chi connectivity index (χ4v) is 4.21. The molecule has 0 spiro atoms. The summed E-state index contributed by atoms with van der Waals surface area (Å²) in [5.41, 5.74) is 4.19. The molecular weight excluding hydrogens is 422 g/mol. The number of hydrogen-bond donors (Lipinski definition) is 3. The van der Waals surface area contributed by atoms with Gasteiger partial charge in [-0.05, 0) is 29.2 Å². The Morgan fingerprint density at radius 3 is 2.19 bits per heavy atom. The summed E-state index contributed by atoms with van der Waals surface area (Å²) in [6.07, 6.45) is -0.854. The number of fused-ring (bicyclic) bond motifs is 3. The van der Waals surface area contributed by atoms with E-state index < -0.39 is 48.3 Å². The summed E-state index contributed by atoms with van der Waals surface area (Å²) < 4.78 is 33.3. The highest BCUT2D eigenvalue weighted by molar-refractivity contribution is 5.88. The van der Waals surface area contributed by atoms with Gasteiger partial charge in [0.1, 0.15) is 18.6 Å². The minimum Gasteiger partial charge on any atom is -0.480 e. The van der Waals surface area contributed by atoms with Gasteiger partial charge >= 0.3 is 12.1 Å². The average molecular weight is 444 g/mol. The molecule has 0 aromatic heterocycles. The minimum absolute atomic E-state index is 0.0426. The first kappa shape index (κ1) is 21.7. The van der Waals surface area contributed by atoms with Gasteiger partial charge in [0, 0.05) is 12.5 Å². The molecule has 2 amide bonds. The molecule has 3 N–H and O–H groups in total. The molecule has 0 unspecified atom stereocenters. The van der Waals surface area contributed by atoms with Crippen molar-refractivity contribution in [2.24, 2.45) is 11.8 Å². The maximum absolute atomic E-state index is 14.0. The number of rotatable bonds is 7. The Morgan fingerprint density at radius 1 is 1.06 bits per heavy atom. The molecular formula is C23H22F2N2O5. The van der Waals surface area contributed by atoms with Crippen molar-refractivity contribution in [2.75, 3.05) is 13.2 Å². The van der Waals surface area contributed by atoms with Crippen LogP contribution in [0.25, 0.3) is 11.1 Å². The van der Waals surface area contributed by atoms with Gasteiger partial charge in [-0.25, -0.2) is 13.6 Å². The van der Waals surface area contributed by atoms with E-state index in [2.05, 4.69) is 5.32 Å². The molecule has 0 radical (unpaired) electrons. The number of alkyl halides is 2. The molecule has 1 saturated carbocycles. The number of hydrogen-bond acceptors (Lipinski definition) is 4. The summed E-state index contributed by atoms with van der Waals surface area (Å²) >= 11 is 0. The number of ether oxygens (including phenoxy) is 1. The molecule has 2 aliphatic rings. The minimum atomic E-state index is -3.32. The molecule has 1 fully saturated rings. The number of aliphatic carboxylic acids is 1. The monoisotopic (exact) mass is 444 g/mol. The number of benzene rings is 2. The fraction of sp³-hybridized carbons (Fsp3) is 0.348. The number of alkyl carbamates (subject to hydrolysis) is 1. The summed E-state index contributed by atoms with van der Waals surface area (Å²) in [7, 11) is 0. The van der Waals surface area contributed by atoms with Gasteiger partial charge in [0.25, 0.3) is 5.92 Å². The molecule has 0 saturated heterocycles. The lowest BCUT2D eigenvalue weighted by molar-refractivity contribution is -0.141. The molecule has 0 heterocycles. The zero-order chi connectivity index (χ0) is 23.0. The van der Waals surface area contributed by atoms with Crippen LogP contribution < -0.4 is 10.6 Å². The van der Waals surface area contributed by atoms with Gasteiger partial charge in [-0.1, -0.05) is 48.5 Å². The van der Waals surface area contributed by atoms with Crippen LogP contribution in [0.5, 0.6) is 0 Å². The molecule has 32 heavy (non-hydrogen) atoms. The van der Waals surface area contributed by atoms with Gasteiger partial charge in [0.15, 0.2) is 0 Å². The number of carboxylic acids is 1. The summed E-state index contributed by atoms with van der Waals surface area (Å²) in [4.78, 5) is 34.9. The molecule has 2 aromatic rings. The van der Waals surface area contributed by atoms with Gasteiger partial charge in [0.05, 0.1) is 5.92 Å². The highest BCUT2D eigenvalue weighted by Crippen LogP contribution is 2.55. The topological polar surface area (TPSA) is 105 Å². The molecule has 168 valence electrons. The number of halogens is 2. The smallest absolute Gasteiger partial charge is 0.407 e. The van der Waals surface area contributed by atoms with Crippen LogP contribution in [-0.4, -0.2) is 48.2 Å². The Balaban J connectivity index is 1.32. The first-order valence-electron chi connectivity index (χ1n) is 10.2. The van der Waals surface area contributed by atoms with Crippen LogP contribution >= 0.6 is 0 Å². The van der Waals surface area contributed by atoms with Crippen molar-refractivity contribution in [3.05, 3.63) is 59.7 Å². The predicted molar refractivity (Wildman–Crippen MR) is 110 cm³/mol. The molecule has 7 nitrogen and oxygen atoms in total. The lowest BCUT2D eigenvalue weighted by Crippen LogP contribution is -2.40. The number of carbonyl (C=O) groups excluding carboxylic acids is 2. The first-order chi connectivity index (χ1) is 15.2. The normalized spacial score (nSPS) is 21.1. The van der Waals surface area contributed by atoms with Crippen molar-refractivity contribution in [3.63, 3.8) is 0 Å². The molecule has 9 heteroatoms. The van der Waals surface area contributed by atoms with E-state index in [4.69, 9.17) is 9.84 Å². The number of carboxylic acid groups (broad SMARTS) is 1. The van der Waals surface area contributed by atoms with Crippen molar-refractivity contribution in [2.45, 2.75) is 24.8 Å². The summed E-state index contributed by atoms with van der Waals surface area (Å²) in [6.45, 7) is 0.773. The van der Waals surface area contributed by atoms with Gasteiger partial charge in [0.2, 0.25) is 5.91 Å². The van der Waals surface area contributed by atoms with Crippen molar-refractivity contribution in [1.29, 1.82) is 0 Å². The van der Waals surface area contributed by atoms with E-state index in [9.17, 15) is 23.2 Å². The zero-order valence-electron chi connectivity index (χ0n) is 17.2. The third kappa shape index (κ3) is 3.90. The van der Waals surface area contributed by atoms with Crippen LogP contribution in [0.3, 0.4) is 0 Å². The average Bonchev–Trinajstić information content (AvgIpc) is 3.17. The van der Waals surface area contributed by atoms with E-state index in [0.717, 1.165) is 22.3 Å². The van der Waals surface area contributed by atoms with E-state index in [1.807, 2.05) is 53.8 Å². The second-order valence-electron chi connectivity index (χ2n) is 8.03. The Kier molecular flexibility index (Phi) is 5.58. The van der Waals surface area contributed by atoms with Crippen molar-refractivity contribution in [1.82, 2.24) is 10.6 Å². The highest BCUT2D eigenvalue weighted by atomic mass is 19.3. The predicted octanol–water partition coefficient (Wildman–Crippen LogP) is 3.00. The fourth-order valence-electron chi connectivity index (χ4n) is 4.21. The standard InChI is InChI=1S/C23H22F2N2O5/c1-12(21(29)30)27-20(28)19-18(23(19,24)25)10-26-22(31)32-11-17-15-8-4-2-6-13(15)14-7-3-5-9-16(14)17/h2-9,12,17-19H,10-11H2,1H3,(H,26,31)(H,27,28)(H,29,30)/t12-,18+,19+/m1/s1. The van der Waals surface area contributed by atoms with Gasteiger partial charge < -0.3 is 20.5 Å². The Labute approximate surface area is 182 Å². The Hall–Kier alpha value is -3.49. The molecule has 4 rings (SSSR count). The van der Waals surface area contributed by atoms with Crippen molar-refractivity contribution < 1.29 is 33.0 Å². The largest absolute Gasteiger partial charge is 0.480 e. The zero-order valence-corrected chi connectivity index (χ0v) is 17.2. The second kappa shape index (κ2) is 8.22. The maximum Gasteiger partial charge on any atom is 0.407 e. The van der Waals surface area contributed by atoms with Crippen molar-refractivity contribution >= 4 is 18.0 Å². The van der Waals surface area contributed by atoms with E-state index in [1.165, 1.54) is 6.92 Å². The first-order valence-corrected chi connectivity index (χ1v) is 10.2. The highest BCUT2D eigenvalue weighted by Gasteiger charge is 2.71. The molecule has 2 aliphatic carbocycles. The molecule has 3 atom stereocenters. The maximum atomic E-state index is 14.0. The van der Waals surface area contributed by atoms with Gasteiger partial charge in [-0.15, -0.1) is 0 Å². The Morgan fingerprint density at radius 2 is 1.62 bits per heavy atom. The third-order valence-corrected chi connectivity index (χ3v) is 6.02. The summed E-state index contributed by atoms with van der Waals surface area (Å²) in [5.74, 6) is -8.95. The number of carbonyl (C=O) groups is 3. The SMILES string of the molecule is C[C@@H](NC(=O)[C@@H]1[C@H](CNC(=O)OCC2c3ccccc3-c3ccccc32)C1(F)F)C(=O)O. The van der Waals surface area contributed by atoms with E-state index >= 15 is 0 Å².